The summed E-state index contributed by atoms with van der Waals surface area (Å²) in [5.74, 6) is -1.53. The summed E-state index contributed by atoms with van der Waals surface area (Å²) < 4.78 is 54.5. The molecule has 2 aromatic carbocycles. The Balaban J connectivity index is 1.12. The van der Waals surface area contributed by atoms with Gasteiger partial charge in [-0.15, -0.1) is 13.2 Å². The Morgan fingerprint density at radius 3 is 2.35 bits per heavy atom. The summed E-state index contributed by atoms with van der Waals surface area (Å²) in [6.07, 6.45) is -3.08. The Morgan fingerprint density at radius 2 is 1.68 bits per heavy atom. The first kappa shape index (κ1) is 25.0. The van der Waals surface area contributed by atoms with Crippen LogP contribution < -0.4 is 4.74 Å². The molecular formula is C25H25F4N5O3. The van der Waals surface area contributed by atoms with Gasteiger partial charge in [-0.1, -0.05) is 6.07 Å². The van der Waals surface area contributed by atoms with Crippen LogP contribution in [0, 0.1) is 17.7 Å². The number of halogens is 4. The average Bonchev–Trinajstić information content (AvgIpc) is 3.44. The number of nitrogens with one attached hydrogen (secondary N) is 1. The van der Waals surface area contributed by atoms with E-state index < -0.39 is 17.9 Å². The summed E-state index contributed by atoms with van der Waals surface area (Å²) in [5.41, 5.74) is 2.33. The number of aromatic nitrogens is 3. The van der Waals surface area contributed by atoms with E-state index in [9.17, 15) is 27.2 Å². The van der Waals surface area contributed by atoms with Crippen LogP contribution in [0.4, 0.5) is 17.6 Å². The van der Waals surface area contributed by atoms with E-state index in [0.717, 1.165) is 25.0 Å². The molecule has 37 heavy (non-hydrogen) atoms. The third-order valence-corrected chi connectivity index (χ3v) is 7.17. The minimum Gasteiger partial charge on any atom is -0.403 e. The van der Waals surface area contributed by atoms with Gasteiger partial charge >= 0.3 is 6.36 Å². The summed E-state index contributed by atoms with van der Waals surface area (Å²) >= 11 is 0. The number of likely N-dealkylation sites (tertiary alicyclic amines) is 2. The van der Waals surface area contributed by atoms with Crippen LogP contribution in [0.5, 0.6) is 5.75 Å². The van der Waals surface area contributed by atoms with Crippen molar-refractivity contribution in [2.24, 2.45) is 11.8 Å². The maximum absolute atomic E-state index is 13.9. The number of aromatic amines is 1. The Morgan fingerprint density at radius 1 is 0.973 bits per heavy atom. The fourth-order valence-corrected chi connectivity index (χ4v) is 5.24. The predicted molar refractivity (Wildman–Crippen MR) is 124 cm³/mol. The highest BCUT2D eigenvalue weighted by atomic mass is 19.4. The van der Waals surface area contributed by atoms with Crippen molar-refractivity contribution in [3.8, 4) is 5.75 Å². The van der Waals surface area contributed by atoms with E-state index in [4.69, 9.17) is 0 Å². The number of hydrogen-bond donors (Lipinski definition) is 1. The molecule has 1 aromatic heterocycles. The number of rotatable bonds is 5. The van der Waals surface area contributed by atoms with E-state index in [0.29, 0.717) is 60.2 Å². The van der Waals surface area contributed by atoms with Crippen molar-refractivity contribution in [3.05, 3.63) is 53.3 Å². The first-order chi connectivity index (χ1) is 17.7. The van der Waals surface area contributed by atoms with Crippen LogP contribution in [0.1, 0.15) is 35.2 Å². The summed E-state index contributed by atoms with van der Waals surface area (Å²) in [6, 6.07) is 8.47. The number of fused-ring (bicyclic) bond motifs is 2. The zero-order valence-corrected chi connectivity index (χ0v) is 19.8. The molecule has 2 atom stereocenters. The standard InChI is InChI=1S/C25H25F4N5O3/c26-19-11-15(1-5-22(19)37-25(27,28)29)2-6-23(35)33-9-7-17-13-34(14-18(17)8-10-33)24(36)16-3-4-20-21(12-16)31-32-30-20/h1,3-5,11-12,17-18H,2,6-10,13-14H2,(H,30,31,32)/t17-,18?/m1/s1. The van der Waals surface area contributed by atoms with Crippen molar-refractivity contribution in [2.75, 3.05) is 26.2 Å². The van der Waals surface area contributed by atoms with Gasteiger partial charge in [-0.3, -0.25) is 9.59 Å². The highest BCUT2D eigenvalue weighted by Crippen LogP contribution is 2.33. The van der Waals surface area contributed by atoms with Gasteiger partial charge in [-0.2, -0.15) is 15.4 Å². The zero-order valence-electron chi connectivity index (χ0n) is 19.8. The summed E-state index contributed by atoms with van der Waals surface area (Å²) in [5, 5.41) is 10.6. The van der Waals surface area contributed by atoms with Crippen molar-refractivity contribution in [1.29, 1.82) is 0 Å². The first-order valence-electron chi connectivity index (χ1n) is 12.1. The molecule has 2 fully saturated rings. The molecule has 2 saturated heterocycles. The van der Waals surface area contributed by atoms with Gasteiger partial charge in [-0.05, 0) is 67.0 Å². The molecule has 5 rings (SSSR count). The number of carbonyl (C=O) groups is 2. The normalized spacial score (nSPS) is 20.1. The van der Waals surface area contributed by atoms with Gasteiger partial charge in [0.2, 0.25) is 5.91 Å². The van der Waals surface area contributed by atoms with Crippen LogP contribution in [0.25, 0.3) is 11.0 Å². The van der Waals surface area contributed by atoms with Gasteiger partial charge in [0.05, 0.1) is 0 Å². The second kappa shape index (κ2) is 9.98. The third-order valence-electron chi connectivity index (χ3n) is 7.17. The number of ether oxygens (including phenoxy) is 1. The van der Waals surface area contributed by atoms with E-state index in [1.54, 1.807) is 23.1 Å². The SMILES string of the molecule is O=C(CCc1ccc(OC(F)(F)F)c(F)c1)N1CCC2CN(C(=O)c3ccc4n[nH]nc4c3)C[C@H]2CC1. The molecule has 0 saturated carbocycles. The molecule has 0 spiro atoms. The fraction of sp³-hybridized carbons (Fsp3) is 0.440. The molecule has 3 aromatic rings. The summed E-state index contributed by atoms with van der Waals surface area (Å²) in [6.45, 7) is 2.40. The van der Waals surface area contributed by atoms with E-state index in [2.05, 4.69) is 20.1 Å². The molecule has 0 bridgehead atoms. The summed E-state index contributed by atoms with van der Waals surface area (Å²) in [4.78, 5) is 29.5. The Labute approximate surface area is 209 Å². The minimum atomic E-state index is -4.97. The molecule has 1 N–H and O–H groups in total. The zero-order chi connectivity index (χ0) is 26.2. The molecule has 2 aliphatic heterocycles. The predicted octanol–water partition coefficient (Wildman–Crippen LogP) is 3.94. The number of benzene rings is 2. The molecule has 3 heterocycles. The van der Waals surface area contributed by atoms with Gasteiger partial charge < -0.3 is 14.5 Å². The molecule has 2 amide bonds. The number of hydrogen-bond acceptors (Lipinski definition) is 5. The molecule has 0 radical (unpaired) electrons. The quantitative estimate of drug-likeness (QED) is 0.516. The molecule has 2 aliphatic rings. The van der Waals surface area contributed by atoms with Crippen molar-refractivity contribution in [2.45, 2.75) is 32.0 Å². The third kappa shape index (κ3) is 5.67. The maximum Gasteiger partial charge on any atom is 0.573 e. The minimum absolute atomic E-state index is 0.0372. The van der Waals surface area contributed by atoms with E-state index in [-0.39, 0.29) is 24.7 Å². The molecule has 8 nitrogen and oxygen atoms in total. The number of carbonyl (C=O) groups excluding carboxylic acids is 2. The second-order valence-electron chi connectivity index (χ2n) is 9.53. The topological polar surface area (TPSA) is 91.4 Å². The van der Waals surface area contributed by atoms with Gasteiger partial charge in [0.25, 0.3) is 5.91 Å². The number of H-pyrrole nitrogens is 1. The first-order valence-corrected chi connectivity index (χ1v) is 12.1. The van der Waals surface area contributed by atoms with Crippen LogP contribution in [-0.2, 0) is 11.2 Å². The van der Waals surface area contributed by atoms with Crippen molar-refractivity contribution >= 4 is 22.8 Å². The molecule has 12 heteroatoms. The van der Waals surface area contributed by atoms with Gasteiger partial charge in [0, 0.05) is 38.2 Å². The number of aryl methyl sites for hydroxylation is 1. The Kier molecular flexibility index (Phi) is 6.74. The van der Waals surface area contributed by atoms with Gasteiger partial charge in [0.15, 0.2) is 11.6 Å². The van der Waals surface area contributed by atoms with Gasteiger partial charge in [0.1, 0.15) is 11.0 Å². The molecule has 1 unspecified atom stereocenters. The van der Waals surface area contributed by atoms with Crippen LogP contribution in [0.3, 0.4) is 0 Å². The van der Waals surface area contributed by atoms with Crippen molar-refractivity contribution in [1.82, 2.24) is 25.2 Å². The van der Waals surface area contributed by atoms with Crippen LogP contribution in [0.2, 0.25) is 0 Å². The molecular weight excluding hydrogens is 494 g/mol. The lowest BCUT2D eigenvalue weighted by molar-refractivity contribution is -0.275. The number of amides is 2. The van der Waals surface area contributed by atoms with E-state index in [1.807, 2.05) is 4.90 Å². The van der Waals surface area contributed by atoms with Crippen molar-refractivity contribution in [3.63, 3.8) is 0 Å². The van der Waals surface area contributed by atoms with E-state index >= 15 is 0 Å². The van der Waals surface area contributed by atoms with Gasteiger partial charge in [-0.25, -0.2) is 4.39 Å². The second-order valence-corrected chi connectivity index (χ2v) is 9.53. The lowest BCUT2D eigenvalue weighted by atomic mass is 9.92. The van der Waals surface area contributed by atoms with Crippen molar-refractivity contribution < 1.29 is 31.9 Å². The summed E-state index contributed by atoms with van der Waals surface area (Å²) in [7, 11) is 0. The maximum atomic E-state index is 13.9. The Hall–Kier alpha value is -3.70. The fourth-order valence-electron chi connectivity index (χ4n) is 5.24. The highest BCUT2D eigenvalue weighted by molar-refractivity contribution is 5.97. The number of alkyl halides is 3. The molecule has 0 aliphatic carbocycles. The number of nitrogens with zero attached hydrogens (tertiary/aromatic N) is 4. The smallest absolute Gasteiger partial charge is 0.403 e. The molecule has 196 valence electrons. The van der Waals surface area contributed by atoms with Crippen LogP contribution in [0.15, 0.2) is 36.4 Å². The highest BCUT2D eigenvalue weighted by Gasteiger charge is 2.38. The monoisotopic (exact) mass is 519 g/mol. The van der Waals surface area contributed by atoms with Crippen LogP contribution >= 0.6 is 0 Å². The lowest BCUT2D eigenvalue weighted by Crippen LogP contribution is -2.34. The Bertz CT molecular complexity index is 1290. The average molecular weight is 519 g/mol. The van der Waals surface area contributed by atoms with Crippen LogP contribution in [-0.4, -0.2) is 69.6 Å². The van der Waals surface area contributed by atoms with E-state index in [1.165, 1.54) is 6.07 Å². The largest absolute Gasteiger partial charge is 0.573 e. The lowest BCUT2D eigenvalue weighted by Gasteiger charge is -2.22.